The molecule has 0 saturated carbocycles. The van der Waals surface area contributed by atoms with Crippen molar-refractivity contribution in [1.82, 2.24) is 10.2 Å². The van der Waals surface area contributed by atoms with E-state index in [1.54, 1.807) is 23.1 Å². The minimum Gasteiger partial charge on any atom is -0.490 e. The van der Waals surface area contributed by atoms with Gasteiger partial charge in [-0.05, 0) is 18.2 Å². The third kappa shape index (κ3) is 2.94. The summed E-state index contributed by atoms with van der Waals surface area (Å²) in [6.45, 7) is 2.38. The molecule has 6 heteroatoms. The summed E-state index contributed by atoms with van der Waals surface area (Å²) in [5.74, 6) is 0.592. The van der Waals surface area contributed by atoms with E-state index in [4.69, 9.17) is 22.1 Å². The molecular weight excluding hydrogens is 242 g/mol. The van der Waals surface area contributed by atoms with Gasteiger partial charge < -0.3 is 20.7 Å². The Bertz CT molecular complexity index is 425. The van der Waals surface area contributed by atoms with Crippen LogP contribution in [-0.4, -0.2) is 37.2 Å². The van der Waals surface area contributed by atoms with E-state index in [-0.39, 0.29) is 6.03 Å². The number of rotatable bonds is 4. The summed E-state index contributed by atoms with van der Waals surface area (Å²) < 4.78 is 5.50. The third-order valence-corrected chi connectivity index (χ3v) is 2.77. The van der Waals surface area contributed by atoms with E-state index in [1.807, 2.05) is 0 Å². The smallest absolute Gasteiger partial charge is 0.317 e. The lowest BCUT2D eigenvalue weighted by Crippen LogP contribution is -2.31. The summed E-state index contributed by atoms with van der Waals surface area (Å²) in [6, 6.07) is 5.04. The molecule has 0 atom stereocenters. The van der Waals surface area contributed by atoms with Crippen molar-refractivity contribution in [3.63, 3.8) is 0 Å². The molecule has 17 heavy (non-hydrogen) atoms. The summed E-state index contributed by atoms with van der Waals surface area (Å²) in [5.41, 5.74) is 6.24. The molecule has 2 amide bonds. The zero-order chi connectivity index (χ0) is 12.3. The molecule has 1 aliphatic heterocycles. The number of hydrogen-bond donors (Lipinski definition) is 2. The van der Waals surface area contributed by atoms with Gasteiger partial charge in [0.25, 0.3) is 0 Å². The molecule has 0 radical (unpaired) electrons. The molecule has 1 aromatic carbocycles. The number of hydrogen-bond acceptors (Lipinski definition) is 3. The predicted molar refractivity (Wildman–Crippen MR) is 66.3 cm³/mol. The zero-order valence-electron chi connectivity index (χ0n) is 9.28. The van der Waals surface area contributed by atoms with Crippen molar-refractivity contribution < 1.29 is 9.53 Å². The van der Waals surface area contributed by atoms with E-state index < -0.39 is 0 Å². The van der Waals surface area contributed by atoms with Crippen LogP contribution in [0.1, 0.15) is 0 Å². The van der Waals surface area contributed by atoms with Gasteiger partial charge >= 0.3 is 6.03 Å². The van der Waals surface area contributed by atoms with Crippen LogP contribution in [0.4, 0.5) is 10.5 Å². The fourth-order valence-electron chi connectivity index (χ4n) is 1.64. The van der Waals surface area contributed by atoms with Crippen LogP contribution in [-0.2, 0) is 0 Å². The van der Waals surface area contributed by atoms with Crippen molar-refractivity contribution in [2.45, 2.75) is 0 Å². The van der Waals surface area contributed by atoms with Crippen LogP contribution in [0, 0.1) is 0 Å². The van der Waals surface area contributed by atoms with Gasteiger partial charge in [0, 0.05) is 18.1 Å². The molecule has 0 unspecified atom stereocenters. The first-order valence-electron chi connectivity index (χ1n) is 5.37. The van der Waals surface area contributed by atoms with E-state index in [2.05, 4.69) is 5.32 Å². The monoisotopic (exact) mass is 255 g/mol. The summed E-state index contributed by atoms with van der Waals surface area (Å²) in [7, 11) is 0. The van der Waals surface area contributed by atoms with E-state index >= 15 is 0 Å². The molecule has 3 N–H and O–H groups in total. The molecule has 1 saturated heterocycles. The molecule has 1 aliphatic rings. The molecule has 5 nitrogen and oxygen atoms in total. The van der Waals surface area contributed by atoms with E-state index in [9.17, 15) is 4.79 Å². The second-order valence-electron chi connectivity index (χ2n) is 3.75. The van der Waals surface area contributed by atoms with Crippen LogP contribution >= 0.6 is 11.6 Å². The number of anilines is 1. The van der Waals surface area contributed by atoms with Crippen molar-refractivity contribution in [2.24, 2.45) is 0 Å². The Hall–Kier alpha value is -1.62. The molecule has 1 fully saturated rings. The predicted octanol–water partition coefficient (Wildman–Crippen LogP) is 1.33. The topological polar surface area (TPSA) is 67.6 Å². The second-order valence-corrected chi connectivity index (χ2v) is 4.19. The molecular formula is C11H14ClN3O2. The number of carbonyl (C=O) groups excluding carboxylic acids is 1. The zero-order valence-corrected chi connectivity index (χ0v) is 10.0. The highest BCUT2D eigenvalue weighted by Gasteiger charge is 2.18. The van der Waals surface area contributed by atoms with Crippen molar-refractivity contribution in [2.75, 3.05) is 32.0 Å². The standard InChI is InChI=1S/C11H14ClN3O2/c12-8-1-2-10(9(13)7-8)17-6-5-15-4-3-14-11(15)16/h1-2,7H,3-6,13H2,(H,14,16). The van der Waals surface area contributed by atoms with Gasteiger partial charge in [0.05, 0.1) is 12.2 Å². The molecule has 0 aliphatic carbocycles. The number of nitrogens with one attached hydrogen (secondary N) is 1. The molecule has 2 rings (SSSR count). The van der Waals surface area contributed by atoms with Gasteiger partial charge in [-0.15, -0.1) is 0 Å². The highest BCUT2D eigenvalue weighted by Crippen LogP contribution is 2.24. The minimum atomic E-state index is -0.0438. The molecule has 0 aromatic heterocycles. The number of benzene rings is 1. The lowest BCUT2D eigenvalue weighted by Gasteiger charge is -2.15. The second kappa shape index (κ2) is 5.14. The molecule has 0 bridgehead atoms. The fourth-order valence-corrected chi connectivity index (χ4v) is 1.82. The van der Waals surface area contributed by atoms with E-state index in [0.29, 0.717) is 36.2 Å². The van der Waals surface area contributed by atoms with Crippen molar-refractivity contribution in [3.8, 4) is 5.75 Å². The first-order valence-corrected chi connectivity index (χ1v) is 5.75. The quantitative estimate of drug-likeness (QED) is 0.798. The van der Waals surface area contributed by atoms with Gasteiger partial charge in [0.1, 0.15) is 12.4 Å². The van der Waals surface area contributed by atoms with Crippen LogP contribution in [0.2, 0.25) is 5.02 Å². The minimum absolute atomic E-state index is 0.0438. The van der Waals surface area contributed by atoms with Gasteiger partial charge in [-0.3, -0.25) is 0 Å². The van der Waals surface area contributed by atoms with Gasteiger partial charge in [0.15, 0.2) is 0 Å². The number of nitrogen functional groups attached to an aromatic ring is 1. The Morgan fingerprint density at radius 3 is 3.00 bits per heavy atom. The Morgan fingerprint density at radius 2 is 2.35 bits per heavy atom. The number of urea groups is 1. The maximum Gasteiger partial charge on any atom is 0.317 e. The fraction of sp³-hybridized carbons (Fsp3) is 0.364. The third-order valence-electron chi connectivity index (χ3n) is 2.54. The van der Waals surface area contributed by atoms with Crippen LogP contribution in [0.3, 0.4) is 0 Å². The van der Waals surface area contributed by atoms with Crippen molar-refractivity contribution in [1.29, 1.82) is 0 Å². The van der Waals surface area contributed by atoms with Gasteiger partial charge in [-0.2, -0.15) is 0 Å². The number of amides is 2. The summed E-state index contributed by atoms with van der Waals surface area (Å²) >= 11 is 5.78. The first-order chi connectivity index (χ1) is 8.16. The summed E-state index contributed by atoms with van der Waals surface area (Å²) in [5, 5.41) is 3.30. The maximum absolute atomic E-state index is 11.2. The van der Waals surface area contributed by atoms with Crippen molar-refractivity contribution >= 4 is 23.3 Å². The highest BCUT2D eigenvalue weighted by molar-refractivity contribution is 6.30. The molecule has 1 heterocycles. The van der Waals surface area contributed by atoms with Gasteiger partial charge in [0.2, 0.25) is 0 Å². The average Bonchev–Trinajstić information content (AvgIpc) is 2.68. The summed E-state index contributed by atoms with van der Waals surface area (Å²) in [6.07, 6.45) is 0. The van der Waals surface area contributed by atoms with Crippen LogP contribution in [0.25, 0.3) is 0 Å². The lowest BCUT2D eigenvalue weighted by molar-refractivity contribution is 0.203. The first kappa shape index (κ1) is 11.9. The Kier molecular flexibility index (Phi) is 3.58. The molecule has 1 aromatic rings. The SMILES string of the molecule is Nc1cc(Cl)ccc1OCCN1CCNC1=O. The van der Waals surface area contributed by atoms with Gasteiger partial charge in [-0.25, -0.2) is 4.79 Å². The lowest BCUT2D eigenvalue weighted by atomic mass is 10.3. The maximum atomic E-state index is 11.2. The van der Waals surface area contributed by atoms with Crippen LogP contribution in [0.5, 0.6) is 5.75 Å². The number of nitrogens with two attached hydrogens (primary N) is 1. The van der Waals surface area contributed by atoms with Crippen LogP contribution < -0.4 is 15.8 Å². The number of ether oxygens (including phenoxy) is 1. The van der Waals surface area contributed by atoms with E-state index in [0.717, 1.165) is 6.54 Å². The molecule has 92 valence electrons. The Labute approximate surface area is 104 Å². The summed E-state index contributed by atoms with van der Waals surface area (Å²) in [4.78, 5) is 12.9. The van der Waals surface area contributed by atoms with Crippen LogP contribution in [0.15, 0.2) is 18.2 Å². The van der Waals surface area contributed by atoms with E-state index in [1.165, 1.54) is 0 Å². The number of nitrogens with zero attached hydrogens (tertiary/aromatic N) is 1. The number of halogens is 1. The largest absolute Gasteiger partial charge is 0.490 e. The van der Waals surface area contributed by atoms with Gasteiger partial charge in [-0.1, -0.05) is 11.6 Å². The number of carbonyl (C=O) groups is 1. The highest BCUT2D eigenvalue weighted by atomic mass is 35.5. The Balaban J connectivity index is 1.83. The van der Waals surface area contributed by atoms with Crippen molar-refractivity contribution in [3.05, 3.63) is 23.2 Å². The average molecular weight is 256 g/mol. The Morgan fingerprint density at radius 1 is 1.53 bits per heavy atom. The molecule has 0 spiro atoms. The normalized spacial score (nSPS) is 14.9.